The standard InChI is InChI=1S/C14H20N2O2/c1-4-10(3)15-13(17)14(18)16-12-8-6-11(5-2)7-9-12/h6-10H,4-5H2,1-3H3,(H,15,17)(H,16,18)/t10-/m0/s1. The zero-order valence-corrected chi connectivity index (χ0v) is 11.1. The molecule has 0 unspecified atom stereocenters. The molecular weight excluding hydrogens is 228 g/mol. The van der Waals surface area contributed by atoms with E-state index in [4.69, 9.17) is 0 Å². The molecule has 1 aromatic carbocycles. The van der Waals surface area contributed by atoms with Crippen molar-refractivity contribution in [1.82, 2.24) is 5.32 Å². The largest absolute Gasteiger partial charge is 0.345 e. The van der Waals surface area contributed by atoms with Gasteiger partial charge in [0.1, 0.15) is 0 Å². The van der Waals surface area contributed by atoms with E-state index in [1.807, 2.05) is 26.0 Å². The van der Waals surface area contributed by atoms with E-state index in [-0.39, 0.29) is 6.04 Å². The summed E-state index contributed by atoms with van der Waals surface area (Å²) in [6.07, 6.45) is 1.74. The van der Waals surface area contributed by atoms with Crippen LogP contribution in [0.2, 0.25) is 0 Å². The molecule has 0 spiro atoms. The molecule has 0 saturated carbocycles. The quantitative estimate of drug-likeness (QED) is 0.802. The molecule has 4 heteroatoms. The molecule has 0 aliphatic rings. The molecule has 0 aliphatic carbocycles. The molecule has 0 heterocycles. The van der Waals surface area contributed by atoms with E-state index >= 15 is 0 Å². The van der Waals surface area contributed by atoms with Crippen LogP contribution >= 0.6 is 0 Å². The Morgan fingerprint density at radius 1 is 1.11 bits per heavy atom. The van der Waals surface area contributed by atoms with Crippen LogP contribution in [0.15, 0.2) is 24.3 Å². The van der Waals surface area contributed by atoms with Gasteiger partial charge in [-0.15, -0.1) is 0 Å². The fourth-order valence-electron chi connectivity index (χ4n) is 1.40. The van der Waals surface area contributed by atoms with Gasteiger partial charge in [-0.05, 0) is 37.5 Å². The van der Waals surface area contributed by atoms with E-state index in [9.17, 15) is 9.59 Å². The predicted molar refractivity (Wildman–Crippen MR) is 72.3 cm³/mol. The Bertz CT molecular complexity index is 412. The number of rotatable bonds is 4. The predicted octanol–water partition coefficient (Wildman–Crippen LogP) is 2.10. The molecule has 0 bridgehead atoms. The van der Waals surface area contributed by atoms with Crippen LogP contribution in [0.25, 0.3) is 0 Å². The van der Waals surface area contributed by atoms with Crippen LogP contribution in [0.3, 0.4) is 0 Å². The van der Waals surface area contributed by atoms with Crippen molar-refractivity contribution in [3.8, 4) is 0 Å². The Morgan fingerprint density at radius 3 is 2.22 bits per heavy atom. The van der Waals surface area contributed by atoms with Crippen molar-refractivity contribution in [1.29, 1.82) is 0 Å². The average Bonchev–Trinajstić information content (AvgIpc) is 2.39. The number of nitrogens with one attached hydrogen (secondary N) is 2. The number of benzene rings is 1. The molecule has 0 aromatic heterocycles. The molecule has 0 saturated heterocycles. The molecule has 2 amide bonds. The summed E-state index contributed by atoms with van der Waals surface area (Å²) in [5.41, 5.74) is 1.83. The zero-order chi connectivity index (χ0) is 13.5. The van der Waals surface area contributed by atoms with Gasteiger partial charge in [0.05, 0.1) is 0 Å². The minimum atomic E-state index is -0.625. The van der Waals surface area contributed by atoms with Crippen molar-refractivity contribution in [2.45, 2.75) is 39.7 Å². The van der Waals surface area contributed by atoms with Gasteiger partial charge in [0.2, 0.25) is 0 Å². The topological polar surface area (TPSA) is 58.2 Å². The average molecular weight is 248 g/mol. The normalized spacial score (nSPS) is 11.7. The summed E-state index contributed by atoms with van der Waals surface area (Å²) in [6.45, 7) is 5.88. The van der Waals surface area contributed by atoms with Crippen molar-refractivity contribution in [2.24, 2.45) is 0 Å². The lowest BCUT2D eigenvalue weighted by Gasteiger charge is -2.11. The lowest BCUT2D eigenvalue weighted by molar-refractivity contribution is -0.136. The Hall–Kier alpha value is -1.84. The van der Waals surface area contributed by atoms with Crippen LogP contribution < -0.4 is 10.6 Å². The highest BCUT2D eigenvalue weighted by Crippen LogP contribution is 2.09. The van der Waals surface area contributed by atoms with Gasteiger partial charge >= 0.3 is 11.8 Å². The van der Waals surface area contributed by atoms with Crippen molar-refractivity contribution >= 4 is 17.5 Å². The van der Waals surface area contributed by atoms with Gasteiger partial charge in [-0.2, -0.15) is 0 Å². The summed E-state index contributed by atoms with van der Waals surface area (Å²) in [5.74, 6) is -1.22. The van der Waals surface area contributed by atoms with Crippen LogP contribution in [-0.4, -0.2) is 17.9 Å². The summed E-state index contributed by atoms with van der Waals surface area (Å²) in [7, 11) is 0. The van der Waals surface area contributed by atoms with Gasteiger partial charge in [-0.25, -0.2) is 0 Å². The first kappa shape index (κ1) is 14.2. The van der Waals surface area contributed by atoms with Crippen molar-refractivity contribution < 1.29 is 9.59 Å². The molecular formula is C14H20N2O2. The molecule has 98 valence electrons. The molecule has 0 fully saturated rings. The zero-order valence-electron chi connectivity index (χ0n) is 11.1. The third-order valence-electron chi connectivity index (χ3n) is 2.82. The van der Waals surface area contributed by atoms with Crippen molar-refractivity contribution in [3.05, 3.63) is 29.8 Å². The summed E-state index contributed by atoms with van der Waals surface area (Å²) in [6, 6.07) is 7.47. The number of carbonyl (C=O) groups excluding carboxylic acids is 2. The van der Waals surface area contributed by atoms with E-state index in [2.05, 4.69) is 17.6 Å². The van der Waals surface area contributed by atoms with Gasteiger partial charge in [-0.3, -0.25) is 9.59 Å². The van der Waals surface area contributed by atoms with Crippen molar-refractivity contribution in [3.63, 3.8) is 0 Å². The smallest absolute Gasteiger partial charge is 0.313 e. The molecule has 1 aromatic rings. The van der Waals surface area contributed by atoms with E-state index in [1.165, 1.54) is 5.56 Å². The maximum absolute atomic E-state index is 11.6. The van der Waals surface area contributed by atoms with Crippen LogP contribution in [0.4, 0.5) is 5.69 Å². The Morgan fingerprint density at radius 2 is 1.72 bits per heavy atom. The number of aryl methyl sites for hydroxylation is 1. The van der Waals surface area contributed by atoms with Gasteiger partial charge < -0.3 is 10.6 Å². The lowest BCUT2D eigenvalue weighted by Crippen LogP contribution is -2.40. The minimum Gasteiger partial charge on any atom is -0.345 e. The highest BCUT2D eigenvalue weighted by molar-refractivity contribution is 6.39. The summed E-state index contributed by atoms with van der Waals surface area (Å²) in [5, 5.41) is 5.19. The number of hydrogen-bond acceptors (Lipinski definition) is 2. The molecule has 4 nitrogen and oxygen atoms in total. The van der Waals surface area contributed by atoms with E-state index in [1.54, 1.807) is 12.1 Å². The number of carbonyl (C=O) groups is 2. The third-order valence-corrected chi connectivity index (χ3v) is 2.82. The first-order valence-corrected chi connectivity index (χ1v) is 6.27. The van der Waals surface area contributed by atoms with Gasteiger partial charge in [0, 0.05) is 11.7 Å². The maximum Gasteiger partial charge on any atom is 0.313 e. The van der Waals surface area contributed by atoms with Crippen LogP contribution in [0.1, 0.15) is 32.8 Å². The number of anilines is 1. The molecule has 2 N–H and O–H groups in total. The molecule has 1 rings (SSSR count). The van der Waals surface area contributed by atoms with Crippen LogP contribution in [0, 0.1) is 0 Å². The summed E-state index contributed by atoms with van der Waals surface area (Å²) in [4.78, 5) is 23.1. The van der Waals surface area contributed by atoms with Crippen LogP contribution in [0.5, 0.6) is 0 Å². The first-order valence-electron chi connectivity index (χ1n) is 6.27. The highest BCUT2D eigenvalue weighted by atomic mass is 16.2. The molecule has 0 aliphatic heterocycles. The SMILES string of the molecule is CCc1ccc(NC(=O)C(=O)N[C@@H](C)CC)cc1. The Balaban J connectivity index is 2.55. The second kappa shape index (κ2) is 6.79. The monoisotopic (exact) mass is 248 g/mol. The van der Waals surface area contributed by atoms with Gasteiger partial charge in [-0.1, -0.05) is 26.0 Å². The summed E-state index contributed by atoms with van der Waals surface area (Å²) >= 11 is 0. The number of amides is 2. The maximum atomic E-state index is 11.6. The van der Waals surface area contributed by atoms with Gasteiger partial charge in [0.25, 0.3) is 0 Å². The Labute approximate surface area is 108 Å². The molecule has 18 heavy (non-hydrogen) atoms. The first-order chi connectivity index (χ1) is 8.56. The fourth-order valence-corrected chi connectivity index (χ4v) is 1.40. The fraction of sp³-hybridized carbons (Fsp3) is 0.429. The van der Waals surface area contributed by atoms with Crippen molar-refractivity contribution in [2.75, 3.05) is 5.32 Å². The summed E-state index contributed by atoms with van der Waals surface area (Å²) < 4.78 is 0. The third kappa shape index (κ3) is 4.20. The van der Waals surface area contributed by atoms with E-state index in [0.717, 1.165) is 12.8 Å². The number of hydrogen-bond donors (Lipinski definition) is 2. The van der Waals surface area contributed by atoms with E-state index in [0.29, 0.717) is 5.69 Å². The van der Waals surface area contributed by atoms with E-state index < -0.39 is 11.8 Å². The second-order valence-electron chi connectivity index (χ2n) is 4.29. The highest BCUT2D eigenvalue weighted by Gasteiger charge is 2.15. The lowest BCUT2D eigenvalue weighted by atomic mass is 10.1. The second-order valence-corrected chi connectivity index (χ2v) is 4.29. The molecule has 0 radical (unpaired) electrons. The molecule has 1 atom stereocenters. The minimum absolute atomic E-state index is 0.00529. The van der Waals surface area contributed by atoms with Crippen LogP contribution in [-0.2, 0) is 16.0 Å². The Kier molecular flexibility index (Phi) is 5.36. The van der Waals surface area contributed by atoms with Gasteiger partial charge in [0.15, 0.2) is 0 Å².